The van der Waals surface area contributed by atoms with Gasteiger partial charge in [0.1, 0.15) is 5.60 Å². The highest BCUT2D eigenvalue weighted by Crippen LogP contribution is 2.37. The van der Waals surface area contributed by atoms with Gasteiger partial charge in [-0.1, -0.05) is 60.7 Å². The van der Waals surface area contributed by atoms with E-state index in [-0.39, 0.29) is 18.0 Å². The second-order valence-electron chi connectivity index (χ2n) is 6.72. The Kier molecular flexibility index (Phi) is 6.85. The van der Waals surface area contributed by atoms with Crippen LogP contribution in [0.3, 0.4) is 0 Å². The van der Waals surface area contributed by atoms with Gasteiger partial charge in [0.05, 0.1) is 0 Å². The molecule has 0 heterocycles. The molecule has 0 saturated heterocycles. The average molecular weight is 346 g/mol. The molecule has 1 fully saturated rings. The van der Waals surface area contributed by atoms with E-state index < -0.39 is 0 Å². The van der Waals surface area contributed by atoms with Gasteiger partial charge in [-0.3, -0.25) is 0 Å². The van der Waals surface area contributed by atoms with Crippen molar-refractivity contribution in [3.8, 4) is 0 Å². The Labute approximate surface area is 152 Å². The SMILES string of the molecule is COC(CCN(C)CC1CC1)(c1ccccc1)c1ccccc1.Cl. The summed E-state index contributed by atoms with van der Waals surface area (Å²) in [7, 11) is 4.07. The van der Waals surface area contributed by atoms with Gasteiger partial charge in [-0.05, 0) is 43.4 Å². The van der Waals surface area contributed by atoms with Gasteiger partial charge in [0.2, 0.25) is 0 Å². The van der Waals surface area contributed by atoms with Crippen LogP contribution in [-0.4, -0.2) is 32.1 Å². The van der Waals surface area contributed by atoms with E-state index in [1.165, 1.54) is 30.5 Å². The predicted octanol–water partition coefficient (Wildman–Crippen LogP) is 4.73. The molecule has 0 bridgehead atoms. The number of methoxy groups -OCH3 is 1. The largest absolute Gasteiger partial charge is 0.369 e. The normalized spacial score (nSPS) is 14.5. The first-order chi connectivity index (χ1) is 11.2. The minimum absolute atomic E-state index is 0. The van der Waals surface area contributed by atoms with Gasteiger partial charge in [-0.2, -0.15) is 0 Å². The maximum atomic E-state index is 6.15. The number of nitrogens with zero attached hydrogens (tertiary/aromatic N) is 1. The maximum absolute atomic E-state index is 6.15. The van der Waals surface area contributed by atoms with Crippen LogP contribution in [0.4, 0.5) is 0 Å². The minimum Gasteiger partial charge on any atom is -0.369 e. The highest BCUT2D eigenvalue weighted by Gasteiger charge is 2.34. The van der Waals surface area contributed by atoms with Crippen LogP contribution in [0.15, 0.2) is 60.7 Å². The van der Waals surface area contributed by atoms with E-state index in [9.17, 15) is 0 Å². The molecule has 3 rings (SSSR count). The van der Waals surface area contributed by atoms with Crippen LogP contribution in [0.5, 0.6) is 0 Å². The summed E-state index contributed by atoms with van der Waals surface area (Å²) in [5.74, 6) is 0.922. The number of benzene rings is 2. The van der Waals surface area contributed by atoms with Crippen LogP contribution < -0.4 is 0 Å². The van der Waals surface area contributed by atoms with Crippen molar-refractivity contribution in [3.63, 3.8) is 0 Å². The van der Waals surface area contributed by atoms with Crippen molar-refractivity contribution in [2.45, 2.75) is 24.9 Å². The summed E-state index contributed by atoms with van der Waals surface area (Å²) < 4.78 is 6.15. The molecule has 2 aromatic rings. The third kappa shape index (κ3) is 4.38. The van der Waals surface area contributed by atoms with Gasteiger partial charge in [0.25, 0.3) is 0 Å². The zero-order valence-electron chi connectivity index (χ0n) is 14.7. The first-order valence-corrected chi connectivity index (χ1v) is 8.59. The van der Waals surface area contributed by atoms with Crippen molar-refractivity contribution in [1.82, 2.24) is 4.90 Å². The van der Waals surface area contributed by atoms with E-state index in [1.54, 1.807) is 0 Å². The zero-order chi connectivity index (χ0) is 16.1. The lowest BCUT2D eigenvalue weighted by molar-refractivity contribution is 0.00768. The Morgan fingerprint density at radius 2 is 1.46 bits per heavy atom. The first-order valence-electron chi connectivity index (χ1n) is 8.59. The van der Waals surface area contributed by atoms with Crippen LogP contribution in [-0.2, 0) is 10.3 Å². The smallest absolute Gasteiger partial charge is 0.119 e. The molecule has 0 radical (unpaired) electrons. The number of rotatable bonds is 8. The van der Waals surface area contributed by atoms with E-state index in [4.69, 9.17) is 4.74 Å². The van der Waals surface area contributed by atoms with E-state index in [0.717, 1.165) is 18.9 Å². The number of hydrogen-bond acceptors (Lipinski definition) is 2. The molecule has 0 aliphatic heterocycles. The highest BCUT2D eigenvalue weighted by molar-refractivity contribution is 5.85. The van der Waals surface area contributed by atoms with Crippen molar-refractivity contribution in [3.05, 3.63) is 71.8 Å². The Balaban J connectivity index is 0.00000208. The van der Waals surface area contributed by atoms with Gasteiger partial charge in [-0.15, -0.1) is 12.4 Å². The fraction of sp³-hybridized carbons (Fsp3) is 0.429. The average Bonchev–Trinajstić information content (AvgIpc) is 3.42. The second-order valence-corrected chi connectivity index (χ2v) is 6.72. The molecule has 0 spiro atoms. The molecule has 3 heteroatoms. The third-order valence-corrected chi connectivity index (χ3v) is 4.94. The number of ether oxygens (including phenoxy) is 1. The fourth-order valence-corrected chi connectivity index (χ4v) is 3.39. The molecule has 2 nitrogen and oxygen atoms in total. The van der Waals surface area contributed by atoms with Crippen molar-refractivity contribution < 1.29 is 4.74 Å². The Morgan fingerprint density at radius 3 is 1.88 bits per heavy atom. The van der Waals surface area contributed by atoms with Gasteiger partial charge >= 0.3 is 0 Å². The monoisotopic (exact) mass is 345 g/mol. The molecule has 0 unspecified atom stereocenters. The van der Waals surface area contributed by atoms with E-state index >= 15 is 0 Å². The molecule has 0 atom stereocenters. The van der Waals surface area contributed by atoms with Crippen LogP contribution in [0.2, 0.25) is 0 Å². The number of halogens is 1. The Bertz CT molecular complexity index is 558. The first kappa shape index (κ1) is 19.0. The molecule has 1 aliphatic carbocycles. The summed E-state index contributed by atoms with van der Waals surface area (Å²) in [5.41, 5.74) is 2.09. The number of hydrogen-bond donors (Lipinski definition) is 0. The Hall–Kier alpha value is -1.35. The van der Waals surface area contributed by atoms with Crippen LogP contribution in [0, 0.1) is 5.92 Å². The molecule has 130 valence electrons. The summed E-state index contributed by atoms with van der Waals surface area (Å²) >= 11 is 0. The summed E-state index contributed by atoms with van der Waals surface area (Å²) in [6, 6.07) is 21.2. The standard InChI is InChI=1S/C21H27NO.ClH/c1-22(17-18-13-14-18)16-15-21(23-2,19-9-5-3-6-10-19)20-11-7-4-8-12-20;/h3-12,18H,13-17H2,1-2H3;1H. The molecule has 0 amide bonds. The lowest BCUT2D eigenvalue weighted by Gasteiger charge is -2.35. The van der Waals surface area contributed by atoms with Crippen LogP contribution in [0.25, 0.3) is 0 Å². The molecule has 1 saturated carbocycles. The van der Waals surface area contributed by atoms with Crippen LogP contribution >= 0.6 is 12.4 Å². The molecule has 24 heavy (non-hydrogen) atoms. The summed E-state index contributed by atoms with van der Waals surface area (Å²) in [6.07, 6.45) is 3.76. The topological polar surface area (TPSA) is 12.5 Å². The van der Waals surface area contributed by atoms with Gasteiger partial charge in [-0.25, -0.2) is 0 Å². The second kappa shape index (κ2) is 8.66. The fourth-order valence-electron chi connectivity index (χ4n) is 3.39. The van der Waals surface area contributed by atoms with Crippen molar-refractivity contribution in [1.29, 1.82) is 0 Å². The third-order valence-electron chi connectivity index (χ3n) is 4.94. The summed E-state index contributed by atoms with van der Waals surface area (Å²) in [4.78, 5) is 2.46. The minimum atomic E-state index is -0.375. The lowest BCUT2D eigenvalue weighted by Crippen LogP contribution is -2.35. The van der Waals surface area contributed by atoms with E-state index in [0.29, 0.717) is 0 Å². The molecule has 0 aromatic heterocycles. The molecular formula is C21H28ClNO. The molecule has 2 aromatic carbocycles. The highest BCUT2D eigenvalue weighted by atomic mass is 35.5. The van der Waals surface area contributed by atoms with Crippen molar-refractivity contribution >= 4 is 12.4 Å². The quantitative estimate of drug-likeness (QED) is 0.685. The van der Waals surface area contributed by atoms with Gasteiger partial charge in [0.15, 0.2) is 0 Å². The summed E-state index contributed by atoms with van der Waals surface area (Å²) in [6.45, 7) is 2.25. The van der Waals surface area contributed by atoms with E-state index in [2.05, 4.69) is 72.6 Å². The van der Waals surface area contributed by atoms with E-state index in [1.807, 2.05) is 7.11 Å². The van der Waals surface area contributed by atoms with Crippen molar-refractivity contribution in [2.75, 3.05) is 27.2 Å². The van der Waals surface area contributed by atoms with Gasteiger partial charge in [0, 0.05) is 20.2 Å². The maximum Gasteiger partial charge on any atom is 0.119 e. The lowest BCUT2D eigenvalue weighted by atomic mass is 9.83. The Morgan fingerprint density at radius 1 is 0.958 bits per heavy atom. The predicted molar refractivity (Wildman–Crippen MR) is 103 cm³/mol. The molecule has 0 N–H and O–H groups in total. The zero-order valence-corrected chi connectivity index (χ0v) is 15.5. The molecule has 1 aliphatic rings. The summed E-state index contributed by atoms with van der Waals surface area (Å²) in [5, 5.41) is 0. The van der Waals surface area contributed by atoms with Gasteiger partial charge < -0.3 is 9.64 Å². The van der Waals surface area contributed by atoms with Crippen LogP contribution in [0.1, 0.15) is 30.4 Å². The van der Waals surface area contributed by atoms with Crippen molar-refractivity contribution in [2.24, 2.45) is 5.92 Å². The molecular weight excluding hydrogens is 318 g/mol.